The molecular weight excluding hydrogens is 581 g/mol. The predicted molar refractivity (Wildman–Crippen MR) is 181 cm³/mol. The van der Waals surface area contributed by atoms with Gasteiger partial charge in [0.05, 0.1) is 5.52 Å². The molecule has 5 aromatic rings. The molecule has 0 N–H and O–H groups in total. The lowest BCUT2D eigenvalue weighted by atomic mass is 10.1. The van der Waals surface area contributed by atoms with Crippen LogP contribution in [-0.2, 0) is 16.1 Å². The van der Waals surface area contributed by atoms with Crippen molar-refractivity contribution < 1.29 is 9.59 Å². The largest absolute Gasteiger partial charge is 0.339 e. The summed E-state index contributed by atoms with van der Waals surface area (Å²) in [6, 6.07) is 26.6. The molecule has 3 heterocycles. The van der Waals surface area contributed by atoms with Gasteiger partial charge in [-0.3, -0.25) is 9.59 Å². The van der Waals surface area contributed by atoms with Gasteiger partial charge < -0.3 is 14.4 Å². The van der Waals surface area contributed by atoms with E-state index >= 15 is 0 Å². The van der Waals surface area contributed by atoms with Gasteiger partial charge in [-0.25, -0.2) is 4.98 Å². The number of hydrogen-bond donors (Lipinski definition) is 0. The predicted octanol–water partition coefficient (Wildman–Crippen LogP) is 6.37. The number of para-hydroxylation sites is 1. The Balaban J connectivity index is 1.000. The zero-order valence-electron chi connectivity index (χ0n) is 25.8. The number of piperazine rings is 1. The van der Waals surface area contributed by atoms with Gasteiger partial charge in [-0.05, 0) is 50.0 Å². The monoisotopic (exact) mass is 618 g/mol. The quantitative estimate of drug-likeness (QED) is 0.103. The smallest absolute Gasteiger partial charge is 0.246 e. The Hall–Kier alpha value is -4.50. The Labute approximate surface area is 268 Å². The normalized spacial score (nSPS) is 15.4. The van der Waals surface area contributed by atoms with Crippen LogP contribution in [-0.4, -0.2) is 72.8 Å². The summed E-state index contributed by atoms with van der Waals surface area (Å²) in [5.74, 6) is 0.949. The fourth-order valence-electron chi connectivity index (χ4n) is 5.94. The highest BCUT2D eigenvalue weighted by atomic mass is 32.2. The first kappa shape index (κ1) is 30.5. The number of rotatable bonds is 10. The highest BCUT2D eigenvalue weighted by Crippen LogP contribution is 2.28. The van der Waals surface area contributed by atoms with E-state index in [9.17, 15) is 9.59 Å². The minimum absolute atomic E-state index is 0.0131. The Bertz CT molecular complexity index is 1840. The van der Waals surface area contributed by atoms with Crippen LogP contribution >= 0.6 is 11.8 Å². The maximum atomic E-state index is 13.0. The Morgan fingerprint density at radius 2 is 1.78 bits per heavy atom. The zero-order chi connectivity index (χ0) is 31.2. The molecule has 45 heavy (non-hydrogen) atoms. The van der Waals surface area contributed by atoms with E-state index < -0.39 is 0 Å². The van der Waals surface area contributed by atoms with E-state index in [0.717, 1.165) is 46.2 Å². The Kier molecular flexibility index (Phi) is 9.55. The molecule has 1 aliphatic rings. The van der Waals surface area contributed by atoms with Crippen LogP contribution in [0.1, 0.15) is 42.9 Å². The van der Waals surface area contributed by atoms with Gasteiger partial charge in [0.1, 0.15) is 5.52 Å². The number of hydrogen-bond acceptors (Lipinski definition) is 6. The average molecular weight is 619 g/mol. The second kappa shape index (κ2) is 14.1. The highest BCUT2D eigenvalue weighted by molar-refractivity contribution is 7.99. The van der Waals surface area contributed by atoms with Crippen molar-refractivity contribution in [1.29, 1.82) is 0 Å². The topological polar surface area (TPSA) is 84.2 Å². The second-order valence-electron chi connectivity index (χ2n) is 11.6. The van der Waals surface area contributed by atoms with Gasteiger partial charge in [0.15, 0.2) is 5.65 Å². The van der Waals surface area contributed by atoms with Crippen molar-refractivity contribution in [2.24, 2.45) is 0 Å². The van der Waals surface area contributed by atoms with E-state index in [1.54, 1.807) is 17.8 Å². The van der Waals surface area contributed by atoms with Gasteiger partial charge in [0, 0.05) is 55.9 Å². The molecule has 230 valence electrons. The zero-order valence-corrected chi connectivity index (χ0v) is 26.6. The summed E-state index contributed by atoms with van der Waals surface area (Å²) >= 11 is 1.58. The SMILES string of the molecule is Cc1cccc(Cn2c3ccccc3c3nnc(SCCCCC(=O)N4CCN(C(=O)/C=C/c5ccccc5)C(C)C4)nc32)c1. The first-order valence-corrected chi connectivity index (χ1v) is 16.6. The van der Waals surface area contributed by atoms with Crippen LogP contribution in [0.5, 0.6) is 0 Å². The molecular formula is C36H38N6O2S. The third kappa shape index (κ3) is 7.26. The number of nitrogens with zero attached hydrogens (tertiary/aromatic N) is 6. The lowest BCUT2D eigenvalue weighted by molar-refractivity contribution is -0.139. The molecule has 8 nitrogen and oxygen atoms in total. The Morgan fingerprint density at radius 3 is 2.60 bits per heavy atom. The summed E-state index contributed by atoms with van der Waals surface area (Å²) in [5.41, 5.74) is 6.20. The fraction of sp³-hybridized carbons (Fsp3) is 0.306. The molecule has 2 amide bonds. The summed E-state index contributed by atoms with van der Waals surface area (Å²) in [7, 11) is 0. The van der Waals surface area contributed by atoms with E-state index in [0.29, 0.717) is 37.8 Å². The summed E-state index contributed by atoms with van der Waals surface area (Å²) in [6.07, 6.45) is 5.64. The molecule has 0 bridgehead atoms. The summed E-state index contributed by atoms with van der Waals surface area (Å²) in [4.78, 5) is 34.4. The number of carbonyl (C=O) groups is 2. The standard InChI is InChI=1S/C36H38N6O2S/c1-26-11-10-14-29(23-26)25-42-31-16-7-6-15-30(31)34-35(42)37-36(39-38-34)45-22-9-8-17-32(43)40-20-21-41(27(2)24-40)33(44)19-18-28-12-4-3-5-13-28/h3-7,10-16,18-19,23,27H,8-9,17,20-22,24-25H2,1-2H3/b19-18+. The number of benzene rings is 3. The number of unbranched alkanes of at least 4 members (excludes halogenated alkanes) is 1. The van der Waals surface area contributed by atoms with E-state index in [1.165, 1.54) is 11.1 Å². The first-order chi connectivity index (χ1) is 22.0. The molecule has 0 radical (unpaired) electrons. The molecule has 3 aromatic carbocycles. The van der Waals surface area contributed by atoms with Crippen molar-refractivity contribution in [3.63, 3.8) is 0 Å². The summed E-state index contributed by atoms with van der Waals surface area (Å²) in [6.45, 7) is 6.51. The minimum atomic E-state index is -0.0211. The van der Waals surface area contributed by atoms with Gasteiger partial charge in [-0.2, -0.15) is 0 Å². The molecule has 1 aliphatic heterocycles. The molecule has 9 heteroatoms. The maximum absolute atomic E-state index is 13.0. The average Bonchev–Trinajstić information content (AvgIpc) is 3.36. The lowest BCUT2D eigenvalue weighted by Gasteiger charge is -2.39. The van der Waals surface area contributed by atoms with Crippen LogP contribution in [0.15, 0.2) is 90.1 Å². The van der Waals surface area contributed by atoms with Crippen molar-refractivity contribution in [3.05, 3.63) is 102 Å². The minimum Gasteiger partial charge on any atom is -0.339 e. The van der Waals surface area contributed by atoms with Gasteiger partial charge in [-0.1, -0.05) is 90.1 Å². The van der Waals surface area contributed by atoms with E-state index in [1.807, 2.05) is 65.3 Å². The second-order valence-corrected chi connectivity index (χ2v) is 12.7. The molecule has 1 fully saturated rings. The van der Waals surface area contributed by atoms with Crippen LogP contribution in [0.2, 0.25) is 0 Å². The van der Waals surface area contributed by atoms with Gasteiger partial charge in [0.25, 0.3) is 0 Å². The van der Waals surface area contributed by atoms with Crippen molar-refractivity contribution in [3.8, 4) is 0 Å². The lowest BCUT2D eigenvalue weighted by Crippen LogP contribution is -2.55. The van der Waals surface area contributed by atoms with Crippen molar-refractivity contribution >= 4 is 51.7 Å². The third-order valence-electron chi connectivity index (χ3n) is 8.28. The van der Waals surface area contributed by atoms with E-state index in [-0.39, 0.29) is 17.9 Å². The van der Waals surface area contributed by atoms with Crippen molar-refractivity contribution in [2.45, 2.75) is 50.9 Å². The molecule has 1 atom stereocenters. The molecule has 1 unspecified atom stereocenters. The number of amides is 2. The van der Waals surface area contributed by atoms with Crippen molar-refractivity contribution in [1.82, 2.24) is 29.5 Å². The van der Waals surface area contributed by atoms with Crippen LogP contribution in [0.25, 0.3) is 28.1 Å². The third-order valence-corrected chi connectivity index (χ3v) is 9.20. The van der Waals surface area contributed by atoms with Crippen molar-refractivity contribution in [2.75, 3.05) is 25.4 Å². The molecule has 0 aliphatic carbocycles. The van der Waals surface area contributed by atoms with E-state index in [4.69, 9.17) is 4.98 Å². The molecule has 6 rings (SSSR count). The Morgan fingerprint density at radius 1 is 0.956 bits per heavy atom. The van der Waals surface area contributed by atoms with Gasteiger partial charge in [0.2, 0.25) is 17.0 Å². The maximum Gasteiger partial charge on any atom is 0.246 e. The van der Waals surface area contributed by atoms with Gasteiger partial charge >= 0.3 is 0 Å². The summed E-state index contributed by atoms with van der Waals surface area (Å²) < 4.78 is 2.23. The number of thioether (sulfide) groups is 1. The number of carbonyl (C=O) groups excluding carboxylic acids is 2. The van der Waals surface area contributed by atoms with Crippen LogP contribution < -0.4 is 0 Å². The van der Waals surface area contributed by atoms with Crippen LogP contribution in [0, 0.1) is 6.92 Å². The first-order valence-electron chi connectivity index (χ1n) is 15.6. The molecule has 1 saturated heterocycles. The molecule has 0 saturated carbocycles. The van der Waals surface area contributed by atoms with Crippen LogP contribution in [0.3, 0.4) is 0 Å². The summed E-state index contributed by atoms with van der Waals surface area (Å²) in [5, 5.41) is 10.7. The highest BCUT2D eigenvalue weighted by Gasteiger charge is 2.28. The number of aryl methyl sites for hydroxylation is 1. The number of fused-ring (bicyclic) bond motifs is 3. The van der Waals surface area contributed by atoms with E-state index in [2.05, 4.69) is 58.1 Å². The molecule has 0 spiro atoms. The number of aromatic nitrogens is 4. The molecule has 2 aromatic heterocycles. The van der Waals surface area contributed by atoms with Crippen LogP contribution in [0.4, 0.5) is 0 Å². The van der Waals surface area contributed by atoms with Gasteiger partial charge in [-0.15, -0.1) is 10.2 Å². The fourth-order valence-corrected chi connectivity index (χ4v) is 6.72.